The molecule has 194 valence electrons. The van der Waals surface area contributed by atoms with Gasteiger partial charge in [0.05, 0.1) is 32.4 Å². The lowest BCUT2D eigenvalue weighted by Crippen LogP contribution is -2.31. The Hall–Kier alpha value is -3.59. The Kier molecular flexibility index (Phi) is 9.30. The van der Waals surface area contributed by atoms with E-state index < -0.39 is 29.3 Å². The van der Waals surface area contributed by atoms with Crippen LogP contribution in [0.15, 0.2) is 42.0 Å². The third-order valence-electron chi connectivity index (χ3n) is 5.97. The number of benzene rings is 2. The van der Waals surface area contributed by atoms with Crippen molar-refractivity contribution < 1.29 is 38.0 Å². The highest BCUT2D eigenvalue weighted by Crippen LogP contribution is 2.42. The Morgan fingerprint density at radius 2 is 1.69 bits per heavy atom. The zero-order valence-electron chi connectivity index (χ0n) is 21.0. The molecule has 1 saturated heterocycles. The fourth-order valence-electron chi connectivity index (χ4n) is 4.11. The highest BCUT2D eigenvalue weighted by Gasteiger charge is 2.46. The molecule has 3 rings (SSSR count). The minimum atomic E-state index is -0.911. The zero-order chi connectivity index (χ0) is 26.2. The second kappa shape index (κ2) is 12.4. The summed E-state index contributed by atoms with van der Waals surface area (Å²) in [6.07, 6.45) is 2.33. The van der Waals surface area contributed by atoms with Crippen molar-refractivity contribution in [3.63, 3.8) is 0 Å². The first-order valence-corrected chi connectivity index (χ1v) is 11.8. The molecule has 2 aromatic carbocycles. The van der Waals surface area contributed by atoms with Crippen molar-refractivity contribution in [2.75, 3.05) is 41.1 Å². The molecule has 1 fully saturated rings. The van der Waals surface area contributed by atoms with Crippen LogP contribution in [0.5, 0.6) is 17.2 Å². The normalized spacial score (nSPS) is 16.9. The monoisotopic (exact) mass is 501 g/mol. The number of amides is 1. The lowest BCUT2D eigenvalue weighted by Gasteiger charge is -2.26. The minimum absolute atomic E-state index is 0.00786. The highest BCUT2D eigenvalue weighted by atomic mass is 19.1. The van der Waals surface area contributed by atoms with Crippen LogP contribution in [0.4, 0.5) is 4.39 Å². The van der Waals surface area contributed by atoms with Crippen LogP contribution in [0, 0.1) is 5.82 Å². The molecule has 1 amide bonds. The molecule has 1 aliphatic rings. The first kappa shape index (κ1) is 27.0. The number of hydrogen-bond donors (Lipinski definition) is 1. The molecule has 1 heterocycles. The number of likely N-dealkylation sites (tertiary alicyclic amines) is 1. The van der Waals surface area contributed by atoms with Gasteiger partial charge < -0.3 is 29.0 Å². The van der Waals surface area contributed by atoms with Crippen LogP contribution < -0.4 is 14.2 Å². The maximum absolute atomic E-state index is 14.4. The van der Waals surface area contributed by atoms with E-state index >= 15 is 0 Å². The molecule has 0 bridgehead atoms. The fourth-order valence-corrected chi connectivity index (χ4v) is 4.11. The van der Waals surface area contributed by atoms with E-state index in [4.69, 9.17) is 18.9 Å². The number of carbonyl (C=O) groups is 2. The molecule has 0 aliphatic carbocycles. The van der Waals surface area contributed by atoms with Crippen molar-refractivity contribution in [1.29, 1.82) is 0 Å². The van der Waals surface area contributed by atoms with Gasteiger partial charge in [0.2, 0.25) is 0 Å². The van der Waals surface area contributed by atoms with Gasteiger partial charge in [-0.3, -0.25) is 9.59 Å². The van der Waals surface area contributed by atoms with Crippen molar-refractivity contribution in [2.45, 2.75) is 32.2 Å². The third kappa shape index (κ3) is 5.62. The highest BCUT2D eigenvalue weighted by molar-refractivity contribution is 6.46. The summed E-state index contributed by atoms with van der Waals surface area (Å²) in [4.78, 5) is 27.6. The summed E-state index contributed by atoms with van der Waals surface area (Å²) in [5.74, 6) is -1.84. The number of methoxy groups -OCH3 is 3. The first-order chi connectivity index (χ1) is 17.4. The summed E-state index contributed by atoms with van der Waals surface area (Å²) in [6, 6.07) is 8.05. The SMILES string of the molecule is CCCCOc1ccc(C2C(=C(O)c3ccc(OC)c(F)c3)C(=O)C(=O)N2CCCOC)cc1OC. The molecule has 9 heteroatoms. The predicted octanol–water partition coefficient (Wildman–Crippen LogP) is 4.48. The van der Waals surface area contributed by atoms with E-state index in [1.54, 1.807) is 25.3 Å². The van der Waals surface area contributed by atoms with Crippen LogP contribution in [0.25, 0.3) is 5.76 Å². The van der Waals surface area contributed by atoms with Gasteiger partial charge in [-0.05, 0) is 48.7 Å². The molecule has 0 aromatic heterocycles. The van der Waals surface area contributed by atoms with E-state index in [1.165, 1.54) is 31.3 Å². The summed E-state index contributed by atoms with van der Waals surface area (Å²) in [6.45, 7) is 3.18. The summed E-state index contributed by atoms with van der Waals surface area (Å²) in [5, 5.41) is 11.1. The topological polar surface area (TPSA) is 94.5 Å². The van der Waals surface area contributed by atoms with Crippen molar-refractivity contribution in [3.05, 3.63) is 58.9 Å². The van der Waals surface area contributed by atoms with E-state index in [2.05, 4.69) is 6.92 Å². The molecule has 0 spiro atoms. The largest absolute Gasteiger partial charge is 0.507 e. The Labute approximate surface area is 210 Å². The molecular weight excluding hydrogens is 469 g/mol. The number of aliphatic hydroxyl groups is 1. The van der Waals surface area contributed by atoms with Crippen LogP contribution in [0.1, 0.15) is 43.4 Å². The maximum atomic E-state index is 14.4. The Balaban J connectivity index is 2.11. The van der Waals surface area contributed by atoms with Crippen LogP contribution in [-0.2, 0) is 14.3 Å². The van der Waals surface area contributed by atoms with Crippen molar-refractivity contribution in [2.24, 2.45) is 0 Å². The number of hydrogen-bond acceptors (Lipinski definition) is 7. The van der Waals surface area contributed by atoms with Crippen LogP contribution in [0.2, 0.25) is 0 Å². The second-order valence-electron chi connectivity index (χ2n) is 8.30. The fraction of sp³-hybridized carbons (Fsp3) is 0.407. The van der Waals surface area contributed by atoms with Crippen molar-refractivity contribution in [3.8, 4) is 17.2 Å². The number of Topliss-reactive ketones (excluding diaryl/α,β-unsaturated/α-hetero) is 1. The molecule has 36 heavy (non-hydrogen) atoms. The first-order valence-electron chi connectivity index (χ1n) is 11.8. The van der Waals surface area contributed by atoms with Crippen molar-refractivity contribution in [1.82, 2.24) is 4.90 Å². The lowest BCUT2D eigenvalue weighted by molar-refractivity contribution is -0.140. The van der Waals surface area contributed by atoms with E-state index in [1.807, 2.05) is 0 Å². The van der Waals surface area contributed by atoms with Gasteiger partial charge in [-0.25, -0.2) is 4.39 Å². The molecule has 0 saturated carbocycles. The number of ether oxygens (including phenoxy) is 4. The van der Waals surface area contributed by atoms with Crippen LogP contribution in [-0.4, -0.2) is 62.8 Å². The van der Waals surface area contributed by atoms with Gasteiger partial charge in [0.15, 0.2) is 23.1 Å². The number of ketones is 1. The maximum Gasteiger partial charge on any atom is 0.295 e. The van der Waals surface area contributed by atoms with Gasteiger partial charge >= 0.3 is 0 Å². The van der Waals surface area contributed by atoms with Crippen molar-refractivity contribution >= 4 is 17.4 Å². The Bertz CT molecular complexity index is 1130. The number of nitrogens with zero attached hydrogens (tertiary/aromatic N) is 1. The number of halogens is 1. The number of aliphatic hydroxyl groups excluding tert-OH is 1. The van der Waals surface area contributed by atoms with E-state index in [9.17, 15) is 19.1 Å². The van der Waals surface area contributed by atoms with Gasteiger partial charge in [-0.1, -0.05) is 19.4 Å². The average Bonchev–Trinajstić information content (AvgIpc) is 3.13. The molecule has 0 radical (unpaired) electrons. The van der Waals surface area contributed by atoms with Crippen LogP contribution in [0.3, 0.4) is 0 Å². The quantitative estimate of drug-likeness (QED) is 0.198. The summed E-state index contributed by atoms with van der Waals surface area (Å²) >= 11 is 0. The van der Waals surface area contributed by atoms with Gasteiger partial charge in [0.25, 0.3) is 11.7 Å². The molecule has 1 unspecified atom stereocenters. The van der Waals surface area contributed by atoms with Gasteiger partial charge in [0, 0.05) is 25.8 Å². The van der Waals surface area contributed by atoms with Gasteiger partial charge in [-0.15, -0.1) is 0 Å². The molecular formula is C27H32FNO7. The second-order valence-corrected chi connectivity index (χ2v) is 8.30. The summed E-state index contributed by atoms with van der Waals surface area (Å²) in [7, 11) is 4.37. The molecule has 1 N–H and O–H groups in total. The number of rotatable bonds is 12. The minimum Gasteiger partial charge on any atom is -0.507 e. The van der Waals surface area contributed by atoms with E-state index in [0.717, 1.165) is 18.9 Å². The third-order valence-corrected chi connectivity index (χ3v) is 5.97. The average molecular weight is 502 g/mol. The van der Waals surface area contributed by atoms with E-state index in [-0.39, 0.29) is 23.4 Å². The van der Waals surface area contributed by atoms with Crippen LogP contribution >= 0.6 is 0 Å². The summed E-state index contributed by atoms with van der Waals surface area (Å²) < 4.78 is 35.7. The Morgan fingerprint density at radius 1 is 0.972 bits per heavy atom. The molecule has 8 nitrogen and oxygen atoms in total. The number of carbonyl (C=O) groups excluding carboxylic acids is 2. The summed E-state index contributed by atoms with van der Waals surface area (Å²) in [5.41, 5.74) is 0.463. The Morgan fingerprint density at radius 3 is 2.33 bits per heavy atom. The molecule has 2 aromatic rings. The zero-order valence-corrected chi connectivity index (χ0v) is 21.0. The molecule has 1 aliphatic heterocycles. The smallest absolute Gasteiger partial charge is 0.295 e. The van der Waals surface area contributed by atoms with Gasteiger partial charge in [0.1, 0.15) is 5.76 Å². The van der Waals surface area contributed by atoms with Gasteiger partial charge in [-0.2, -0.15) is 0 Å². The molecule has 1 atom stereocenters. The lowest BCUT2D eigenvalue weighted by atomic mass is 9.94. The number of unbranched alkanes of at least 4 members (excludes halogenated alkanes) is 1. The standard InChI is InChI=1S/C27H32FNO7/c1-5-6-14-36-21-11-8-17(16-22(21)35-4)24-23(26(31)27(32)29(24)12-7-13-33-2)25(30)18-9-10-20(34-3)19(28)15-18/h8-11,15-16,24,30H,5-7,12-14H2,1-4H3. The predicted molar refractivity (Wildman–Crippen MR) is 132 cm³/mol. The van der Waals surface area contributed by atoms with E-state index in [0.29, 0.717) is 36.7 Å².